The Labute approximate surface area is 779 Å². The number of para-hydroxylation sites is 3. The van der Waals surface area contributed by atoms with Crippen molar-refractivity contribution < 1.29 is 0 Å². The number of rotatable bonds is 7. The molecule has 0 atom stereocenters. The Kier molecular flexibility index (Phi) is 17.5. The molecule has 0 bridgehead atoms. The second-order valence-corrected chi connectivity index (χ2v) is 39.6. The first-order chi connectivity index (χ1) is 64.4. The number of fused-ring (bicyclic) bond motifs is 34. The molecule has 7 aliphatic rings. The van der Waals surface area contributed by atoms with Gasteiger partial charge in [0.1, 0.15) is 17.7 Å². The highest BCUT2D eigenvalue weighted by Gasteiger charge is 2.54. The summed E-state index contributed by atoms with van der Waals surface area (Å²) >= 11 is 7.57. The number of nitrogens with zero attached hydrogens (tertiary/aromatic N) is 3. The van der Waals surface area contributed by atoms with E-state index in [1.165, 1.54) is 196 Å². The van der Waals surface area contributed by atoms with Crippen LogP contribution < -0.4 is 10.2 Å². The summed E-state index contributed by atoms with van der Waals surface area (Å²) in [4.78, 5) is 7.82. The predicted octanol–water partition coefficient (Wildman–Crippen LogP) is 33.5. The number of allylic oxidation sites excluding steroid dienone is 2. The van der Waals surface area contributed by atoms with Crippen LogP contribution in [0.3, 0.4) is 0 Å². The summed E-state index contributed by atoms with van der Waals surface area (Å²) in [5.74, 6) is 0. The molecule has 0 unspecified atom stereocenters. The molecule has 2 aromatic heterocycles. The topological polar surface area (TPSA) is 25.1 Å². The molecular formula is C124H84BrN4S2+. The van der Waals surface area contributed by atoms with Gasteiger partial charge in [-0.15, -0.1) is 0 Å². The van der Waals surface area contributed by atoms with E-state index in [0.29, 0.717) is 0 Å². The van der Waals surface area contributed by atoms with Gasteiger partial charge in [-0.1, -0.05) is 340 Å². The van der Waals surface area contributed by atoms with Crippen molar-refractivity contribution in [3.63, 3.8) is 0 Å². The SMILES string of the molecule is Brc1ccc2c(c1)C1(c3ccccc3Sc3ccccc31)c1c-2ccc2ccccc12.CC1(C)c2ccccc2-c2ccc(N(c3ccc4c(c3)C3(c5ccccc5Sc5ccccc53)c3c-4ccc4ccccc34)c3ccc4c(c3)c3ccccc3n4-c3ccccc3)cc21.CC1(C)c2ccccc2-c2ccc(Nc3ccc4c(c3)c3c(n4-c4ccccc4)C=[C+]C=C3)cc21. The van der Waals surface area contributed by atoms with Gasteiger partial charge in [-0.3, -0.25) is 4.57 Å². The van der Waals surface area contributed by atoms with Crippen LogP contribution in [-0.4, -0.2) is 9.13 Å². The minimum Gasteiger partial charge on any atom is -0.355 e. The molecule has 0 amide bonds. The van der Waals surface area contributed by atoms with Gasteiger partial charge < -0.3 is 14.8 Å². The Balaban J connectivity index is 0.000000114. The van der Waals surface area contributed by atoms with Gasteiger partial charge in [-0.05, 0) is 272 Å². The van der Waals surface area contributed by atoms with Crippen LogP contribution in [-0.2, 0) is 21.7 Å². The van der Waals surface area contributed by atoms with Crippen LogP contribution in [0.1, 0.15) is 106 Å². The largest absolute Gasteiger partial charge is 0.355 e. The smallest absolute Gasteiger partial charge is 0.166 e. The van der Waals surface area contributed by atoms with E-state index in [2.05, 4.69) is 494 Å². The molecule has 21 aromatic rings. The van der Waals surface area contributed by atoms with Crippen molar-refractivity contribution in [1.29, 1.82) is 0 Å². The maximum atomic E-state index is 3.78. The monoisotopic (exact) mass is 1770 g/mol. The average molecular weight is 1770 g/mol. The summed E-state index contributed by atoms with van der Waals surface area (Å²) in [5.41, 5.74) is 39.9. The summed E-state index contributed by atoms with van der Waals surface area (Å²) < 4.78 is 5.85. The van der Waals surface area contributed by atoms with Gasteiger partial charge in [-0.2, -0.15) is 0 Å². The summed E-state index contributed by atoms with van der Waals surface area (Å²) in [6.45, 7) is 9.41. The zero-order valence-electron chi connectivity index (χ0n) is 72.5. The fraction of sp³-hybridized carbons (Fsp3) is 0.0645. The van der Waals surface area contributed by atoms with E-state index >= 15 is 0 Å². The lowest BCUT2D eigenvalue weighted by Gasteiger charge is -2.40. The van der Waals surface area contributed by atoms with Crippen molar-refractivity contribution in [3.05, 3.63) is 507 Å². The standard InChI is InChI=1S/C62H42N2S.C33H25N2.C29H17BrS/c1-61(2)51-22-10-8-20-45(51)46-33-29-42(37-54(46)61)63(41-31-35-57-50(36-41)48-21-9-13-25-56(48)64(57)40-17-4-3-5-18-40)43-30-34-47-49-32-28-39-16-6-7-19-44(39)60(49)62(55(47)38-43)52-23-11-14-26-58(52)65-59-27-15-12-24-53(59)62;1-33(2)29-14-8-6-12-25(29)26-18-16-23(21-30(26)33)34-22-17-19-32-28(20-22)27-13-7-9-15-31(27)35(32)24-10-4-3-5-11-24;30-19-14-16-21-22-15-13-18-7-1-2-8-20(18)28(22)29(25(21)17-19)23-9-3-5-11-26(23)31-27-12-6-4-10-24(27)29/h3-38H,1-2H3;3-8,10-21,34H,1-2H3;1-17H/q;+1;. The van der Waals surface area contributed by atoms with Gasteiger partial charge in [0.2, 0.25) is 0 Å². The first kappa shape index (κ1) is 77.4. The lowest BCUT2D eigenvalue weighted by atomic mass is 9.66. The van der Waals surface area contributed by atoms with Gasteiger partial charge in [0.25, 0.3) is 0 Å². The molecule has 7 heteroatoms. The molecule has 2 spiro atoms. The Morgan fingerprint density at radius 2 is 0.679 bits per heavy atom. The molecule has 618 valence electrons. The number of hydrogen-bond donors (Lipinski definition) is 1. The Hall–Kier alpha value is -14.8. The van der Waals surface area contributed by atoms with Gasteiger partial charge >= 0.3 is 0 Å². The van der Waals surface area contributed by atoms with E-state index < -0.39 is 5.41 Å². The molecule has 4 nitrogen and oxygen atoms in total. The normalized spacial score (nSPS) is 14.5. The zero-order valence-corrected chi connectivity index (χ0v) is 75.7. The second-order valence-electron chi connectivity index (χ2n) is 36.6. The summed E-state index contributed by atoms with van der Waals surface area (Å²) in [5, 5.41) is 12.6. The lowest BCUT2D eigenvalue weighted by molar-refractivity contribution is 0.660. The molecule has 0 saturated heterocycles. The van der Waals surface area contributed by atoms with Crippen molar-refractivity contribution >= 4 is 134 Å². The van der Waals surface area contributed by atoms with E-state index in [1.54, 1.807) is 0 Å². The molecule has 19 aromatic carbocycles. The maximum Gasteiger partial charge on any atom is 0.166 e. The van der Waals surface area contributed by atoms with Crippen LogP contribution in [0.25, 0.3) is 122 Å². The number of nitrogens with one attached hydrogen (secondary N) is 1. The Bertz CT molecular complexity index is 8400. The van der Waals surface area contributed by atoms with E-state index in [-0.39, 0.29) is 16.2 Å². The fourth-order valence-electron chi connectivity index (χ4n) is 23.5. The molecule has 131 heavy (non-hydrogen) atoms. The Morgan fingerprint density at radius 1 is 0.290 bits per heavy atom. The molecule has 0 saturated carbocycles. The van der Waals surface area contributed by atoms with E-state index in [4.69, 9.17) is 0 Å². The van der Waals surface area contributed by atoms with Gasteiger partial charge in [0.05, 0.1) is 39.1 Å². The average Bonchev–Trinajstić information content (AvgIpc) is 1.48. The van der Waals surface area contributed by atoms with Crippen LogP contribution >= 0.6 is 39.5 Å². The van der Waals surface area contributed by atoms with E-state index in [9.17, 15) is 0 Å². The highest BCUT2D eigenvalue weighted by atomic mass is 79.9. The molecular weight excluding hydrogens is 1690 g/mol. The van der Waals surface area contributed by atoms with E-state index in [0.717, 1.165) is 44.3 Å². The van der Waals surface area contributed by atoms with Crippen LogP contribution in [0.4, 0.5) is 28.4 Å². The molecule has 28 rings (SSSR count). The second kappa shape index (κ2) is 29.6. The summed E-state index contributed by atoms with van der Waals surface area (Å²) in [6, 6.07) is 153. The molecule has 2 aliphatic heterocycles. The molecule has 4 heterocycles. The third-order valence-corrected chi connectivity index (χ3v) is 31.9. The van der Waals surface area contributed by atoms with Crippen molar-refractivity contribution in [1.82, 2.24) is 9.13 Å². The summed E-state index contributed by atoms with van der Waals surface area (Å²) in [6.07, 6.45) is 9.50. The fourth-order valence-corrected chi connectivity index (χ4v) is 26.2. The third-order valence-electron chi connectivity index (χ3n) is 29.1. The summed E-state index contributed by atoms with van der Waals surface area (Å²) in [7, 11) is 0. The van der Waals surface area contributed by atoms with Crippen molar-refractivity contribution in [2.45, 2.75) is 68.9 Å². The lowest BCUT2D eigenvalue weighted by Crippen LogP contribution is -2.32. The Morgan fingerprint density at radius 3 is 1.25 bits per heavy atom. The van der Waals surface area contributed by atoms with E-state index in [1.807, 2.05) is 29.6 Å². The van der Waals surface area contributed by atoms with Crippen molar-refractivity contribution in [3.8, 4) is 55.9 Å². The molecule has 1 N–H and O–H groups in total. The zero-order chi connectivity index (χ0) is 87.2. The van der Waals surface area contributed by atoms with Crippen molar-refractivity contribution in [2.24, 2.45) is 0 Å². The van der Waals surface area contributed by atoms with Crippen molar-refractivity contribution in [2.75, 3.05) is 10.2 Å². The number of aromatic nitrogens is 2. The first-order valence-electron chi connectivity index (χ1n) is 45.3. The third kappa shape index (κ3) is 11.4. The van der Waals surface area contributed by atoms with Gasteiger partial charge in [0.15, 0.2) is 5.69 Å². The molecule has 0 radical (unpaired) electrons. The quantitative estimate of drug-likeness (QED) is 0.161. The number of hydrogen-bond acceptors (Lipinski definition) is 4. The first-order valence-corrected chi connectivity index (χ1v) is 47.7. The highest BCUT2D eigenvalue weighted by Crippen LogP contribution is 2.67. The number of benzene rings is 19. The molecule has 5 aliphatic carbocycles. The minimum absolute atomic E-state index is 0.00677. The minimum atomic E-state index is -0.541. The van der Waals surface area contributed by atoms with Crippen LogP contribution in [0.15, 0.2) is 443 Å². The van der Waals surface area contributed by atoms with Crippen LogP contribution in [0.2, 0.25) is 0 Å². The number of anilines is 5. The number of halogens is 1. The van der Waals surface area contributed by atoms with Gasteiger partial charge in [-0.25, -0.2) is 0 Å². The van der Waals surface area contributed by atoms with Gasteiger partial charge in [0, 0.05) is 91.2 Å². The maximum absolute atomic E-state index is 3.78. The van der Waals surface area contributed by atoms with Crippen LogP contribution in [0.5, 0.6) is 0 Å². The molecule has 0 fully saturated rings. The van der Waals surface area contributed by atoms with Crippen LogP contribution in [0, 0.1) is 6.08 Å². The predicted molar refractivity (Wildman–Crippen MR) is 552 cm³/mol. The highest BCUT2D eigenvalue weighted by molar-refractivity contribution is 9.10.